The normalized spacial score (nSPS) is 11.6. The van der Waals surface area contributed by atoms with Crippen molar-refractivity contribution in [2.24, 2.45) is 0 Å². The minimum atomic E-state index is 0.556. The number of fused-ring (bicyclic) bond motifs is 5. The summed E-state index contributed by atoms with van der Waals surface area (Å²) < 4.78 is 8.74. The van der Waals surface area contributed by atoms with Crippen LogP contribution in [-0.4, -0.2) is 19.9 Å². The molecule has 10 aromatic rings. The van der Waals surface area contributed by atoms with Gasteiger partial charge in [0.05, 0.1) is 5.56 Å². The van der Waals surface area contributed by atoms with Gasteiger partial charge in [0.15, 0.2) is 23.1 Å². The number of oxazole rings is 1. The standard InChI is InChI=1S/C44H26N4OS/c1-4-12-27(13-5-1)30-20-21-32-25-33(23-22-31(32)24-30)42-46-41(28-14-6-2-7-15-28)47-43(48-42)39-38-34-18-10-11-19-36(34)50-37(38)26-35-40(39)45-44(49-35)29-16-8-3-9-17-29/h1-26H. The molecule has 10 rings (SSSR count). The summed E-state index contributed by atoms with van der Waals surface area (Å²) in [6.07, 6.45) is 0. The van der Waals surface area contributed by atoms with Crippen LogP contribution in [0.1, 0.15) is 0 Å². The molecule has 0 saturated carbocycles. The van der Waals surface area contributed by atoms with Gasteiger partial charge >= 0.3 is 0 Å². The average molecular weight is 659 g/mol. The van der Waals surface area contributed by atoms with Gasteiger partial charge in [0.25, 0.3) is 0 Å². The Kier molecular flexibility index (Phi) is 6.60. The predicted molar refractivity (Wildman–Crippen MR) is 205 cm³/mol. The first kappa shape index (κ1) is 28.5. The maximum Gasteiger partial charge on any atom is 0.227 e. The molecule has 5 nitrogen and oxygen atoms in total. The topological polar surface area (TPSA) is 64.7 Å². The minimum absolute atomic E-state index is 0.556. The zero-order chi connectivity index (χ0) is 33.0. The van der Waals surface area contributed by atoms with Gasteiger partial charge in [-0.25, -0.2) is 19.9 Å². The number of benzene rings is 7. The monoisotopic (exact) mass is 658 g/mol. The highest BCUT2D eigenvalue weighted by Gasteiger charge is 2.23. The highest BCUT2D eigenvalue weighted by molar-refractivity contribution is 7.26. The largest absolute Gasteiger partial charge is 0.436 e. The first-order chi connectivity index (χ1) is 24.7. The van der Waals surface area contributed by atoms with Gasteiger partial charge in [0.2, 0.25) is 5.89 Å². The summed E-state index contributed by atoms with van der Waals surface area (Å²) in [5, 5.41) is 4.47. The van der Waals surface area contributed by atoms with Gasteiger partial charge in [0, 0.05) is 42.9 Å². The molecule has 7 aromatic carbocycles. The molecule has 50 heavy (non-hydrogen) atoms. The van der Waals surface area contributed by atoms with Crippen LogP contribution in [0.4, 0.5) is 0 Å². The molecule has 0 aliphatic carbocycles. The number of hydrogen-bond acceptors (Lipinski definition) is 6. The lowest BCUT2D eigenvalue weighted by Gasteiger charge is -2.11. The van der Waals surface area contributed by atoms with E-state index in [0.29, 0.717) is 28.9 Å². The number of rotatable bonds is 5. The molecule has 0 N–H and O–H groups in total. The molecule has 0 atom stereocenters. The van der Waals surface area contributed by atoms with E-state index in [1.165, 1.54) is 15.8 Å². The van der Waals surface area contributed by atoms with Gasteiger partial charge in [0.1, 0.15) is 5.52 Å². The van der Waals surface area contributed by atoms with E-state index in [-0.39, 0.29) is 0 Å². The summed E-state index contributed by atoms with van der Waals surface area (Å²) in [5.74, 6) is 2.31. The van der Waals surface area contributed by atoms with Crippen molar-refractivity contribution in [2.45, 2.75) is 0 Å². The van der Waals surface area contributed by atoms with E-state index in [9.17, 15) is 0 Å². The zero-order valence-electron chi connectivity index (χ0n) is 26.6. The Labute approximate surface area is 291 Å². The maximum atomic E-state index is 6.46. The van der Waals surface area contributed by atoms with E-state index < -0.39 is 0 Å². The summed E-state index contributed by atoms with van der Waals surface area (Å²) in [6.45, 7) is 0. The lowest BCUT2D eigenvalue weighted by molar-refractivity contribution is 0.620. The first-order valence-electron chi connectivity index (χ1n) is 16.5. The van der Waals surface area contributed by atoms with Crippen molar-refractivity contribution in [3.8, 4) is 56.7 Å². The highest BCUT2D eigenvalue weighted by atomic mass is 32.1. The molecule has 0 bridgehead atoms. The van der Waals surface area contributed by atoms with Gasteiger partial charge in [-0.2, -0.15) is 0 Å². The summed E-state index contributed by atoms with van der Waals surface area (Å²) >= 11 is 1.73. The molecule has 0 radical (unpaired) electrons. The summed E-state index contributed by atoms with van der Waals surface area (Å²) in [7, 11) is 0. The van der Waals surface area contributed by atoms with E-state index in [0.717, 1.165) is 54.0 Å². The first-order valence-corrected chi connectivity index (χ1v) is 17.3. The molecule has 0 spiro atoms. The second-order valence-corrected chi connectivity index (χ2v) is 13.4. The van der Waals surface area contributed by atoms with Gasteiger partial charge in [-0.3, -0.25) is 0 Å². The van der Waals surface area contributed by atoms with Crippen LogP contribution in [0.3, 0.4) is 0 Å². The van der Waals surface area contributed by atoms with E-state index in [1.54, 1.807) is 11.3 Å². The van der Waals surface area contributed by atoms with Crippen molar-refractivity contribution in [3.05, 3.63) is 158 Å². The van der Waals surface area contributed by atoms with Gasteiger partial charge in [-0.1, -0.05) is 121 Å². The highest BCUT2D eigenvalue weighted by Crippen LogP contribution is 2.44. The van der Waals surface area contributed by atoms with Gasteiger partial charge in [-0.15, -0.1) is 11.3 Å². The quantitative estimate of drug-likeness (QED) is 0.184. The third kappa shape index (κ3) is 4.85. The summed E-state index contributed by atoms with van der Waals surface area (Å²) in [5.41, 5.74) is 7.37. The molecule has 0 aliphatic rings. The Morgan fingerprint density at radius 3 is 1.74 bits per heavy atom. The average Bonchev–Trinajstić information content (AvgIpc) is 3.79. The predicted octanol–water partition coefficient (Wildman–Crippen LogP) is 11.9. The smallest absolute Gasteiger partial charge is 0.227 e. The molecule has 0 unspecified atom stereocenters. The lowest BCUT2D eigenvalue weighted by atomic mass is 10.00. The number of thiophene rings is 1. The lowest BCUT2D eigenvalue weighted by Crippen LogP contribution is -2.01. The van der Waals surface area contributed by atoms with Crippen LogP contribution in [0.25, 0.3) is 98.8 Å². The Morgan fingerprint density at radius 2 is 1.00 bits per heavy atom. The summed E-state index contributed by atoms with van der Waals surface area (Å²) in [6, 6.07) is 54.1. The Bertz CT molecular complexity index is 2860. The van der Waals surface area contributed by atoms with Crippen molar-refractivity contribution in [3.63, 3.8) is 0 Å². The van der Waals surface area contributed by atoms with E-state index in [2.05, 4.69) is 91.0 Å². The minimum Gasteiger partial charge on any atom is -0.436 e. The molecule has 234 valence electrons. The van der Waals surface area contributed by atoms with Gasteiger partial charge in [-0.05, 0) is 52.2 Å². The molecule has 0 amide bonds. The van der Waals surface area contributed by atoms with Crippen LogP contribution in [-0.2, 0) is 0 Å². The molecule has 0 aliphatic heterocycles. The number of aromatic nitrogens is 4. The molecule has 0 saturated heterocycles. The number of nitrogens with zero attached hydrogens (tertiary/aromatic N) is 4. The van der Waals surface area contributed by atoms with E-state index in [4.69, 9.17) is 24.4 Å². The molecule has 3 aromatic heterocycles. The second-order valence-electron chi connectivity index (χ2n) is 12.3. The fourth-order valence-electron chi connectivity index (χ4n) is 6.72. The van der Waals surface area contributed by atoms with Crippen molar-refractivity contribution in [1.82, 2.24) is 19.9 Å². The summed E-state index contributed by atoms with van der Waals surface area (Å²) in [4.78, 5) is 20.6. The van der Waals surface area contributed by atoms with Crippen molar-refractivity contribution in [1.29, 1.82) is 0 Å². The van der Waals surface area contributed by atoms with Crippen LogP contribution in [0.2, 0.25) is 0 Å². The molecular weight excluding hydrogens is 633 g/mol. The Hall–Kier alpha value is -6.50. The molecule has 0 fully saturated rings. The maximum absolute atomic E-state index is 6.46. The van der Waals surface area contributed by atoms with Crippen LogP contribution in [0, 0.1) is 0 Å². The van der Waals surface area contributed by atoms with Crippen LogP contribution in [0.15, 0.2) is 162 Å². The van der Waals surface area contributed by atoms with Gasteiger partial charge < -0.3 is 4.42 Å². The molecule has 6 heteroatoms. The molecule has 3 heterocycles. The SMILES string of the molecule is c1ccc(-c2ccc3cc(-c4nc(-c5ccccc5)nc(-c5c6nc(-c7ccccc7)oc6cc6sc7ccccc7c56)n4)ccc3c2)cc1. The second kappa shape index (κ2) is 11.6. The Balaban J connectivity index is 1.22. The Morgan fingerprint density at radius 1 is 0.420 bits per heavy atom. The van der Waals surface area contributed by atoms with E-state index in [1.807, 2.05) is 66.7 Å². The van der Waals surface area contributed by atoms with Crippen molar-refractivity contribution < 1.29 is 4.42 Å². The third-order valence-electron chi connectivity index (χ3n) is 9.14. The van der Waals surface area contributed by atoms with Crippen LogP contribution in [0.5, 0.6) is 0 Å². The number of hydrogen-bond donors (Lipinski definition) is 0. The zero-order valence-corrected chi connectivity index (χ0v) is 27.4. The molecular formula is C44H26N4OS. The van der Waals surface area contributed by atoms with Crippen molar-refractivity contribution >= 4 is 53.4 Å². The van der Waals surface area contributed by atoms with Crippen molar-refractivity contribution in [2.75, 3.05) is 0 Å². The van der Waals surface area contributed by atoms with Crippen LogP contribution < -0.4 is 0 Å². The fourth-order valence-corrected chi connectivity index (χ4v) is 7.86. The van der Waals surface area contributed by atoms with Crippen LogP contribution >= 0.6 is 11.3 Å². The van der Waals surface area contributed by atoms with E-state index >= 15 is 0 Å². The third-order valence-corrected chi connectivity index (χ3v) is 10.3. The fraction of sp³-hybridized carbons (Fsp3) is 0.